The Labute approximate surface area is 117 Å². The van der Waals surface area contributed by atoms with E-state index in [2.05, 4.69) is 25.3 Å². The van der Waals surface area contributed by atoms with Crippen LogP contribution in [0.2, 0.25) is 0 Å². The van der Waals surface area contributed by atoms with Crippen LogP contribution in [-0.4, -0.2) is 23.6 Å². The molecule has 0 aliphatic carbocycles. The number of carbonyl (C=O) groups is 1. The Balaban J connectivity index is 2.22. The molecule has 0 fully saturated rings. The van der Waals surface area contributed by atoms with Gasteiger partial charge in [0.25, 0.3) is 0 Å². The molecule has 0 saturated carbocycles. The Bertz CT molecular complexity index is 549. The molecule has 2 rings (SSSR count). The topological polar surface area (TPSA) is 26.3 Å². The summed E-state index contributed by atoms with van der Waals surface area (Å²) >= 11 is 8.33. The van der Waals surface area contributed by atoms with Gasteiger partial charge in [-0.2, -0.15) is 25.3 Å². The van der Waals surface area contributed by atoms with Gasteiger partial charge in [-0.1, -0.05) is 36.4 Å². The fourth-order valence-electron chi connectivity index (χ4n) is 1.71. The molecule has 0 aromatic heterocycles. The minimum atomic E-state index is -0.312. The van der Waals surface area contributed by atoms with Gasteiger partial charge in [0.2, 0.25) is 0 Å². The van der Waals surface area contributed by atoms with Gasteiger partial charge < -0.3 is 4.74 Å². The van der Waals surface area contributed by atoms with Crippen molar-refractivity contribution in [2.45, 2.75) is 5.25 Å². The molecule has 0 aliphatic heterocycles. The van der Waals surface area contributed by atoms with E-state index < -0.39 is 0 Å². The Kier molecular flexibility index (Phi) is 4.55. The first-order chi connectivity index (χ1) is 8.72. The highest BCUT2D eigenvalue weighted by atomic mass is 32.1. The molecule has 0 radical (unpaired) electrons. The molecule has 0 bridgehead atoms. The quantitative estimate of drug-likeness (QED) is 0.663. The lowest BCUT2D eigenvalue weighted by Crippen LogP contribution is -2.15. The maximum absolute atomic E-state index is 12.0. The van der Waals surface area contributed by atoms with E-state index in [9.17, 15) is 4.79 Å². The Morgan fingerprint density at radius 1 is 1.17 bits per heavy atom. The van der Waals surface area contributed by atoms with E-state index >= 15 is 0 Å². The summed E-state index contributed by atoms with van der Waals surface area (Å²) in [6.07, 6.45) is 0. The van der Waals surface area contributed by atoms with Crippen molar-refractivity contribution in [3.63, 3.8) is 0 Å². The molecular weight excluding hydrogens is 264 g/mol. The van der Waals surface area contributed by atoms with Crippen molar-refractivity contribution in [2.24, 2.45) is 0 Å². The molecule has 0 spiro atoms. The molecular formula is C14H14O2S2. The number of fused-ring (bicyclic) bond motifs is 1. The number of rotatable bonds is 4. The number of carbonyl (C=O) groups excluding carboxylic acids is 1. The molecule has 94 valence electrons. The second-order valence-corrected chi connectivity index (χ2v) is 5.06. The second kappa shape index (κ2) is 6.16. The maximum atomic E-state index is 12.0. The largest absolute Gasteiger partial charge is 0.461 e. The monoisotopic (exact) mass is 278 g/mol. The van der Waals surface area contributed by atoms with Crippen LogP contribution >= 0.6 is 25.3 Å². The molecule has 0 aliphatic rings. The molecule has 1 atom stereocenters. The zero-order valence-electron chi connectivity index (χ0n) is 9.74. The van der Waals surface area contributed by atoms with Crippen molar-refractivity contribution >= 4 is 42.0 Å². The fraction of sp³-hybridized carbons (Fsp3) is 0.214. The molecule has 2 aromatic carbocycles. The minimum Gasteiger partial charge on any atom is -0.461 e. The molecule has 0 amide bonds. The number of esters is 1. The summed E-state index contributed by atoms with van der Waals surface area (Å²) in [4.78, 5) is 12.0. The Morgan fingerprint density at radius 2 is 1.89 bits per heavy atom. The molecule has 0 saturated heterocycles. The van der Waals surface area contributed by atoms with E-state index in [-0.39, 0.29) is 17.8 Å². The molecule has 0 heterocycles. The average molecular weight is 278 g/mol. The standard InChI is InChI=1S/C14H14O2S2/c15-14(16-8-11(18)9-17)13-7-3-5-10-4-1-2-6-12(10)13/h1-7,11,17-18H,8-9H2. The van der Waals surface area contributed by atoms with Gasteiger partial charge in [0.15, 0.2) is 0 Å². The van der Waals surface area contributed by atoms with E-state index in [0.29, 0.717) is 11.3 Å². The van der Waals surface area contributed by atoms with Crippen molar-refractivity contribution in [3.8, 4) is 0 Å². The lowest BCUT2D eigenvalue weighted by molar-refractivity contribution is 0.0514. The van der Waals surface area contributed by atoms with E-state index in [4.69, 9.17) is 4.74 Å². The molecule has 2 aromatic rings. The van der Waals surface area contributed by atoms with E-state index in [1.165, 1.54) is 0 Å². The summed E-state index contributed by atoms with van der Waals surface area (Å²) in [7, 11) is 0. The van der Waals surface area contributed by atoms with Crippen LogP contribution in [0.25, 0.3) is 10.8 Å². The summed E-state index contributed by atoms with van der Waals surface area (Å²) in [5, 5.41) is 1.91. The number of benzene rings is 2. The zero-order valence-corrected chi connectivity index (χ0v) is 11.5. The SMILES string of the molecule is O=C(OCC(S)CS)c1cccc2ccccc12. The normalized spacial score (nSPS) is 12.3. The lowest BCUT2D eigenvalue weighted by Gasteiger charge is -2.10. The maximum Gasteiger partial charge on any atom is 0.338 e. The smallest absolute Gasteiger partial charge is 0.338 e. The van der Waals surface area contributed by atoms with Crippen LogP contribution in [0.4, 0.5) is 0 Å². The molecule has 18 heavy (non-hydrogen) atoms. The van der Waals surface area contributed by atoms with Crippen LogP contribution in [0.1, 0.15) is 10.4 Å². The van der Waals surface area contributed by atoms with Gasteiger partial charge >= 0.3 is 5.97 Å². The Hall–Kier alpha value is -1.13. The summed E-state index contributed by atoms with van der Waals surface area (Å²) in [6, 6.07) is 13.4. The lowest BCUT2D eigenvalue weighted by atomic mass is 10.1. The van der Waals surface area contributed by atoms with Gasteiger partial charge in [0.1, 0.15) is 6.61 Å². The first-order valence-corrected chi connectivity index (χ1v) is 6.81. The van der Waals surface area contributed by atoms with Crippen LogP contribution in [-0.2, 0) is 4.74 Å². The van der Waals surface area contributed by atoms with Crippen LogP contribution < -0.4 is 0 Å². The summed E-state index contributed by atoms with van der Waals surface area (Å²) < 4.78 is 5.22. The average Bonchev–Trinajstić information content (AvgIpc) is 2.43. The van der Waals surface area contributed by atoms with Crippen molar-refractivity contribution < 1.29 is 9.53 Å². The van der Waals surface area contributed by atoms with Crippen molar-refractivity contribution in [3.05, 3.63) is 48.0 Å². The Morgan fingerprint density at radius 3 is 2.67 bits per heavy atom. The highest BCUT2D eigenvalue weighted by molar-refractivity contribution is 7.84. The van der Waals surface area contributed by atoms with Gasteiger partial charge in [0.05, 0.1) is 5.56 Å². The fourth-order valence-corrected chi connectivity index (χ4v) is 1.89. The van der Waals surface area contributed by atoms with Gasteiger partial charge in [0, 0.05) is 11.0 Å². The van der Waals surface area contributed by atoms with Gasteiger partial charge in [-0.3, -0.25) is 0 Å². The third kappa shape index (κ3) is 3.00. The molecule has 0 N–H and O–H groups in total. The highest BCUT2D eigenvalue weighted by Crippen LogP contribution is 2.19. The van der Waals surface area contributed by atoms with Crippen LogP contribution in [0.3, 0.4) is 0 Å². The first kappa shape index (κ1) is 13.3. The molecule has 2 nitrogen and oxygen atoms in total. The third-order valence-electron chi connectivity index (χ3n) is 2.63. The predicted octanol–water partition coefficient (Wildman–Crippen LogP) is 3.22. The molecule has 1 unspecified atom stereocenters. The summed E-state index contributed by atoms with van der Waals surface area (Å²) in [5.41, 5.74) is 0.591. The second-order valence-electron chi connectivity index (χ2n) is 3.96. The molecule has 4 heteroatoms. The highest BCUT2D eigenvalue weighted by Gasteiger charge is 2.12. The van der Waals surface area contributed by atoms with Crippen molar-refractivity contribution in [1.82, 2.24) is 0 Å². The zero-order chi connectivity index (χ0) is 13.0. The number of thiol groups is 2. The predicted molar refractivity (Wildman–Crippen MR) is 80.9 cm³/mol. The van der Waals surface area contributed by atoms with E-state index in [1.807, 2.05) is 36.4 Å². The minimum absolute atomic E-state index is 0.0349. The van der Waals surface area contributed by atoms with E-state index in [1.54, 1.807) is 6.07 Å². The van der Waals surface area contributed by atoms with Crippen LogP contribution in [0, 0.1) is 0 Å². The van der Waals surface area contributed by atoms with Crippen LogP contribution in [0.15, 0.2) is 42.5 Å². The van der Waals surface area contributed by atoms with Crippen molar-refractivity contribution in [1.29, 1.82) is 0 Å². The van der Waals surface area contributed by atoms with E-state index in [0.717, 1.165) is 10.8 Å². The summed E-state index contributed by atoms with van der Waals surface area (Å²) in [6.45, 7) is 0.272. The van der Waals surface area contributed by atoms with Gasteiger partial charge in [-0.05, 0) is 16.8 Å². The van der Waals surface area contributed by atoms with Crippen molar-refractivity contribution in [2.75, 3.05) is 12.4 Å². The summed E-state index contributed by atoms with van der Waals surface area (Å²) in [5.74, 6) is 0.263. The van der Waals surface area contributed by atoms with Gasteiger partial charge in [-0.15, -0.1) is 0 Å². The van der Waals surface area contributed by atoms with Crippen LogP contribution in [0.5, 0.6) is 0 Å². The number of hydrogen-bond donors (Lipinski definition) is 2. The van der Waals surface area contributed by atoms with Gasteiger partial charge in [-0.25, -0.2) is 4.79 Å². The number of ether oxygens (including phenoxy) is 1. The number of hydrogen-bond acceptors (Lipinski definition) is 4. The third-order valence-corrected chi connectivity index (χ3v) is 3.69. The first-order valence-electron chi connectivity index (χ1n) is 5.66.